The zero-order valence-corrected chi connectivity index (χ0v) is 18.6. The van der Waals surface area contributed by atoms with Gasteiger partial charge in [-0.1, -0.05) is 52.8 Å². The van der Waals surface area contributed by atoms with Gasteiger partial charge in [0.1, 0.15) is 5.52 Å². The maximum Gasteiger partial charge on any atom is 0.163 e. The first-order valence-electron chi connectivity index (χ1n) is 11.0. The van der Waals surface area contributed by atoms with E-state index in [9.17, 15) is 0 Å². The summed E-state index contributed by atoms with van der Waals surface area (Å²) >= 11 is 0. The van der Waals surface area contributed by atoms with Crippen LogP contribution in [0, 0.1) is 11.8 Å². The molecule has 5 nitrogen and oxygen atoms in total. The van der Waals surface area contributed by atoms with Crippen molar-refractivity contribution in [2.45, 2.75) is 47.6 Å². The number of aryl methyl sites for hydroxylation is 1. The van der Waals surface area contributed by atoms with Crippen molar-refractivity contribution in [2.75, 3.05) is 13.2 Å². The largest absolute Gasteiger partial charge is 0.489 e. The topological polar surface area (TPSA) is 49.2 Å². The lowest BCUT2D eigenvalue weighted by Crippen LogP contribution is -2.09. The van der Waals surface area contributed by atoms with Crippen LogP contribution < -0.4 is 9.47 Å². The van der Waals surface area contributed by atoms with Gasteiger partial charge >= 0.3 is 0 Å². The Morgan fingerprint density at radius 3 is 2.07 bits per heavy atom. The molecule has 30 heavy (non-hydrogen) atoms. The summed E-state index contributed by atoms with van der Waals surface area (Å²) < 4.78 is 14.4. The average Bonchev–Trinajstić information content (AvgIpc) is 3.02. The van der Waals surface area contributed by atoms with Crippen LogP contribution in [0.5, 0.6) is 11.5 Å². The molecule has 4 rings (SSSR count). The van der Waals surface area contributed by atoms with E-state index in [0.717, 1.165) is 52.0 Å². The molecule has 0 amide bonds. The molecule has 0 radical (unpaired) electrons. The average molecular weight is 406 g/mol. The quantitative estimate of drug-likeness (QED) is 0.349. The first-order chi connectivity index (χ1) is 14.5. The highest BCUT2D eigenvalue weighted by Crippen LogP contribution is 2.35. The maximum absolute atomic E-state index is 6.09. The van der Waals surface area contributed by atoms with Gasteiger partial charge in [-0.2, -0.15) is 0 Å². The summed E-state index contributed by atoms with van der Waals surface area (Å²) in [6, 6.07) is 12.4. The number of aromatic nitrogens is 3. The molecule has 0 bridgehead atoms. The molecule has 0 aliphatic carbocycles. The predicted octanol–water partition coefficient (Wildman–Crippen LogP) is 6.22. The molecular formula is C25H31N3O2. The summed E-state index contributed by atoms with van der Waals surface area (Å²) in [6.45, 7) is 12.9. The summed E-state index contributed by atoms with van der Waals surface area (Å²) in [4.78, 5) is 10.0. The minimum absolute atomic E-state index is 0.430. The van der Waals surface area contributed by atoms with Crippen molar-refractivity contribution < 1.29 is 9.47 Å². The van der Waals surface area contributed by atoms with Crippen molar-refractivity contribution in [3.63, 3.8) is 0 Å². The summed E-state index contributed by atoms with van der Waals surface area (Å²) in [5, 5.41) is 1.14. The van der Waals surface area contributed by atoms with Gasteiger partial charge in [0.05, 0.1) is 29.8 Å². The maximum atomic E-state index is 6.09. The van der Waals surface area contributed by atoms with Gasteiger partial charge in [0.25, 0.3) is 0 Å². The van der Waals surface area contributed by atoms with Crippen LogP contribution in [-0.2, 0) is 6.54 Å². The lowest BCUT2D eigenvalue weighted by molar-refractivity contribution is 0.230. The summed E-state index contributed by atoms with van der Waals surface area (Å²) in [5.74, 6) is 2.34. The molecule has 5 heteroatoms. The zero-order chi connectivity index (χ0) is 21.3. The van der Waals surface area contributed by atoms with E-state index in [1.54, 1.807) is 0 Å². The fraction of sp³-hybridized carbons (Fsp3) is 0.440. The highest BCUT2D eigenvalue weighted by molar-refractivity contribution is 6.06. The van der Waals surface area contributed by atoms with Crippen molar-refractivity contribution in [3.05, 3.63) is 36.4 Å². The monoisotopic (exact) mass is 405 g/mol. The Balaban J connectivity index is 1.91. The van der Waals surface area contributed by atoms with Crippen LogP contribution in [0.2, 0.25) is 0 Å². The molecule has 0 atom stereocenters. The molecule has 0 fully saturated rings. The van der Waals surface area contributed by atoms with Gasteiger partial charge in [-0.05, 0) is 24.3 Å². The number of fused-ring (bicyclic) bond motifs is 4. The number of nitrogens with zero attached hydrogens (tertiary/aromatic N) is 3. The van der Waals surface area contributed by atoms with E-state index in [2.05, 4.69) is 63.5 Å². The molecule has 0 saturated heterocycles. The third kappa shape index (κ3) is 3.93. The smallest absolute Gasteiger partial charge is 0.163 e. The van der Waals surface area contributed by atoms with Crippen LogP contribution >= 0.6 is 0 Å². The first-order valence-corrected chi connectivity index (χ1v) is 11.0. The highest BCUT2D eigenvalue weighted by atomic mass is 16.5. The van der Waals surface area contributed by atoms with E-state index in [4.69, 9.17) is 19.4 Å². The van der Waals surface area contributed by atoms with Gasteiger partial charge in [-0.3, -0.25) is 0 Å². The molecule has 0 aliphatic rings. The van der Waals surface area contributed by atoms with Crippen LogP contribution in [0.25, 0.3) is 33.1 Å². The molecule has 0 aliphatic heterocycles. The Kier molecular flexibility index (Phi) is 5.80. The van der Waals surface area contributed by atoms with Crippen LogP contribution in [0.3, 0.4) is 0 Å². The normalized spacial score (nSPS) is 12.0. The van der Waals surface area contributed by atoms with E-state index in [1.165, 1.54) is 5.52 Å². The molecular weight excluding hydrogens is 374 g/mol. The number of para-hydroxylation sites is 1. The third-order valence-electron chi connectivity index (χ3n) is 5.01. The fourth-order valence-corrected chi connectivity index (χ4v) is 3.64. The number of hydrogen-bond donors (Lipinski definition) is 0. The minimum Gasteiger partial charge on any atom is -0.489 e. The van der Waals surface area contributed by atoms with Crippen molar-refractivity contribution in [3.8, 4) is 11.5 Å². The van der Waals surface area contributed by atoms with E-state index < -0.39 is 0 Å². The molecule has 0 N–H and O–H groups in total. The number of hydrogen-bond acceptors (Lipinski definition) is 4. The van der Waals surface area contributed by atoms with Gasteiger partial charge < -0.3 is 14.0 Å². The van der Waals surface area contributed by atoms with Gasteiger partial charge in [0.15, 0.2) is 17.1 Å². The molecule has 4 aromatic rings. The van der Waals surface area contributed by atoms with E-state index in [0.29, 0.717) is 25.0 Å². The van der Waals surface area contributed by atoms with Crippen molar-refractivity contribution >= 4 is 33.1 Å². The molecule has 158 valence electrons. The van der Waals surface area contributed by atoms with Crippen LogP contribution in [0.4, 0.5) is 0 Å². The van der Waals surface area contributed by atoms with E-state index in [-0.39, 0.29) is 0 Å². The van der Waals surface area contributed by atoms with Gasteiger partial charge in [-0.15, -0.1) is 0 Å². The summed E-state index contributed by atoms with van der Waals surface area (Å²) in [5.41, 5.74) is 4.71. The minimum atomic E-state index is 0.430. The standard InChI is InChI=1S/C25H31N3O2/c1-6-11-28-21-10-8-7-9-18(21)24-25(28)27-20-13-23(30-15-17(4)5)22(12-19(20)26-24)29-14-16(2)3/h7-10,12-13,16-17H,6,11,14-15H2,1-5H3. The van der Waals surface area contributed by atoms with Crippen molar-refractivity contribution in [2.24, 2.45) is 11.8 Å². The summed E-state index contributed by atoms with van der Waals surface area (Å²) in [6.07, 6.45) is 1.04. The van der Waals surface area contributed by atoms with Crippen LogP contribution in [0.1, 0.15) is 41.0 Å². The third-order valence-corrected chi connectivity index (χ3v) is 5.01. The fourth-order valence-electron chi connectivity index (χ4n) is 3.64. The lowest BCUT2D eigenvalue weighted by atomic mass is 10.2. The molecule has 0 saturated carbocycles. The Labute approximate surface area is 178 Å². The number of ether oxygens (including phenoxy) is 2. The molecule has 0 spiro atoms. The van der Waals surface area contributed by atoms with Crippen LogP contribution in [0.15, 0.2) is 36.4 Å². The van der Waals surface area contributed by atoms with Gasteiger partial charge in [0.2, 0.25) is 0 Å². The van der Waals surface area contributed by atoms with E-state index in [1.807, 2.05) is 12.1 Å². The second-order valence-corrected chi connectivity index (χ2v) is 8.76. The molecule has 0 unspecified atom stereocenters. The van der Waals surface area contributed by atoms with Crippen molar-refractivity contribution in [1.29, 1.82) is 0 Å². The summed E-state index contributed by atoms with van der Waals surface area (Å²) in [7, 11) is 0. The van der Waals surface area contributed by atoms with E-state index >= 15 is 0 Å². The molecule has 2 heterocycles. The Bertz CT molecular complexity index is 1180. The van der Waals surface area contributed by atoms with Crippen LogP contribution in [-0.4, -0.2) is 27.7 Å². The number of benzene rings is 2. The molecule has 2 aromatic carbocycles. The Hall–Kier alpha value is -2.82. The zero-order valence-electron chi connectivity index (χ0n) is 18.6. The van der Waals surface area contributed by atoms with Crippen molar-refractivity contribution in [1.82, 2.24) is 14.5 Å². The van der Waals surface area contributed by atoms with Gasteiger partial charge in [0, 0.05) is 24.1 Å². The second kappa shape index (κ2) is 8.50. The second-order valence-electron chi connectivity index (χ2n) is 8.76. The predicted molar refractivity (Wildman–Crippen MR) is 123 cm³/mol. The Morgan fingerprint density at radius 1 is 0.867 bits per heavy atom. The Morgan fingerprint density at radius 2 is 1.47 bits per heavy atom. The SMILES string of the molecule is CCCn1c2ccccc2c2nc3cc(OCC(C)C)c(OCC(C)C)cc3nc21. The van der Waals surface area contributed by atoms with Gasteiger partial charge in [-0.25, -0.2) is 9.97 Å². The highest BCUT2D eigenvalue weighted by Gasteiger charge is 2.17. The first kappa shape index (κ1) is 20.5. The number of rotatable bonds is 8. The molecule has 2 aromatic heterocycles. The lowest BCUT2D eigenvalue weighted by Gasteiger charge is -2.16.